The van der Waals surface area contributed by atoms with Crippen LogP contribution in [0.5, 0.6) is 23.0 Å². The van der Waals surface area contributed by atoms with Gasteiger partial charge in [-0.25, -0.2) is 13.6 Å². The fourth-order valence-electron chi connectivity index (χ4n) is 9.76. The number of esters is 1. The zero-order valence-corrected chi connectivity index (χ0v) is 43.9. The Bertz CT molecular complexity index is 3290. The van der Waals surface area contributed by atoms with E-state index in [1.165, 1.54) is 36.5 Å². The number of para-hydroxylation sites is 1. The summed E-state index contributed by atoms with van der Waals surface area (Å²) < 4.78 is 52.8. The molecule has 1 unspecified atom stereocenters. The average Bonchev–Trinajstić information content (AvgIpc) is 4.14. The van der Waals surface area contributed by atoms with E-state index in [9.17, 15) is 48.5 Å². The van der Waals surface area contributed by atoms with Crippen LogP contribution in [0, 0.1) is 11.3 Å². The maximum absolute atomic E-state index is 13.8. The van der Waals surface area contributed by atoms with Crippen LogP contribution in [-0.4, -0.2) is 140 Å². The van der Waals surface area contributed by atoms with Gasteiger partial charge in [0, 0.05) is 84.8 Å². The highest BCUT2D eigenvalue weighted by Gasteiger charge is 2.54. The third-order valence-corrected chi connectivity index (χ3v) is 13.8. The van der Waals surface area contributed by atoms with Crippen molar-refractivity contribution >= 4 is 63.3 Å². The number of nitrogens with zero attached hydrogens (tertiary/aromatic N) is 6. The molecular formula is C55H57F2N11O11S. The van der Waals surface area contributed by atoms with Gasteiger partial charge in [0.05, 0.1) is 73.6 Å². The number of carbonyl (C=O) groups is 4. The van der Waals surface area contributed by atoms with Crippen LogP contribution >= 0.6 is 12.2 Å². The van der Waals surface area contributed by atoms with Crippen molar-refractivity contribution < 1.29 is 62.2 Å². The zero-order valence-electron chi connectivity index (χ0n) is 43.1. The van der Waals surface area contributed by atoms with Crippen molar-refractivity contribution in [1.29, 1.82) is 5.26 Å². The van der Waals surface area contributed by atoms with E-state index in [0.29, 0.717) is 126 Å². The fourth-order valence-corrected chi connectivity index (χ4v) is 9.98. The first-order valence-corrected chi connectivity index (χ1v) is 26.3. The first-order valence-electron chi connectivity index (χ1n) is 25.9. The largest absolute Gasteiger partial charge is 0.508 e. The monoisotopic (exact) mass is 1120 g/mol. The van der Waals surface area contributed by atoms with Crippen LogP contribution in [0.2, 0.25) is 0 Å². The van der Waals surface area contributed by atoms with Gasteiger partial charge in [0.25, 0.3) is 11.8 Å². The molecule has 3 amide bonds. The molecule has 0 radical (unpaired) electrons. The number of alkyl halides is 2. The number of rotatable bonds is 24. The number of nitriles is 1. The molecule has 3 aliphatic rings. The zero-order chi connectivity index (χ0) is 56.4. The van der Waals surface area contributed by atoms with Crippen LogP contribution in [0.15, 0.2) is 91.3 Å². The molecule has 4 aromatic carbocycles. The summed E-state index contributed by atoms with van der Waals surface area (Å²) in [6.07, 6.45) is 4.92. The third-order valence-electron chi connectivity index (χ3n) is 13.5. The number of carbonyl (C=O) groups excluding carboxylic acids is 4. The summed E-state index contributed by atoms with van der Waals surface area (Å²) in [7, 11) is 0. The van der Waals surface area contributed by atoms with Gasteiger partial charge < -0.3 is 60.4 Å². The Kier molecular flexibility index (Phi) is 17.7. The number of pyridine rings is 1. The molecule has 1 saturated heterocycles. The number of benzene rings is 4. The number of phenolic OH excluding ortho intramolecular Hbond substituents is 2. The summed E-state index contributed by atoms with van der Waals surface area (Å²) in [6.45, 7) is 1.42. The van der Waals surface area contributed by atoms with E-state index in [1.54, 1.807) is 59.3 Å². The Morgan fingerprint density at radius 2 is 1.64 bits per heavy atom. The molecule has 2 aromatic heterocycles. The van der Waals surface area contributed by atoms with Gasteiger partial charge in [-0.1, -0.05) is 23.4 Å². The standard InChI is InChI=1S/C55H57F2N11O11S/c56-54(57)28-35(29-58)68(32-54)49(73)30-62-51(74)39-16-17-60-50-38(39)6-4-7-44(50)64-48(72)9-3-5-34-31-67(66-65-34)20-2-1-8-47(71)59-18-21-76-23-24-77-22-19-61-53(80)63-33-10-13-41-40(25-33)52(75)79-55(41)42-14-11-36(69)26-45(42)78-46-27-37(70)12-15-43(46)55/h4,6-7,10-17,25-27,31,35,47,59,69-71H,1-3,5,8-9,18-24,28,30,32H2,(H,62,74)(H,64,72)(H2,61,63,80)/t35-,47?/m0/s1. The number of phenols is 2. The number of aliphatic hydroxyl groups excluding tert-OH is 1. The molecule has 3 aliphatic heterocycles. The van der Waals surface area contributed by atoms with Gasteiger partial charge >= 0.3 is 5.97 Å². The van der Waals surface area contributed by atoms with E-state index < -0.39 is 61.1 Å². The highest BCUT2D eigenvalue weighted by molar-refractivity contribution is 7.80. The maximum atomic E-state index is 13.8. The van der Waals surface area contributed by atoms with Crippen LogP contribution < -0.4 is 31.3 Å². The van der Waals surface area contributed by atoms with Gasteiger partial charge in [-0.3, -0.25) is 29.4 Å². The molecule has 5 heterocycles. The minimum absolute atomic E-state index is 0.0307. The van der Waals surface area contributed by atoms with E-state index in [0.717, 1.165) is 23.4 Å². The number of fused-ring (bicyclic) bond motifs is 7. The van der Waals surface area contributed by atoms with Crippen LogP contribution in [0.4, 0.5) is 20.2 Å². The van der Waals surface area contributed by atoms with Gasteiger partial charge in [0.15, 0.2) is 10.7 Å². The Morgan fingerprint density at radius 3 is 2.39 bits per heavy atom. The number of thiocarbonyl (C=S) groups is 1. The number of amides is 3. The van der Waals surface area contributed by atoms with Crippen LogP contribution in [-0.2, 0) is 42.4 Å². The molecule has 1 fully saturated rings. The number of hydrogen-bond donors (Lipinski definition) is 8. The lowest BCUT2D eigenvalue weighted by Crippen LogP contribution is -2.43. The van der Waals surface area contributed by atoms with Crippen LogP contribution in [0.3, 0.4) is 0 Å². The number of aromatic nitrogens is 4. The minimum atomic E-state index is -3.18. The Morgan fingerprint density at radius 1 is 0.900 bits per heavy atom. The summed E-state index contributed by atoms with van der Waals surface area (Å²) in [5, 5.41) is 63.6. The number of likely N-dealkylation sites (tertiary alicyclic amines) is 1. The van der Waals surface area contributed by atoms with Crippen molar-refractivity contribution in [1.82, 2.24) is 40.8 Å². The van der Waals surface area contributed by atoms with Crippen molar-refractivity contribution in [2.45, 2.75) is 75.3 Å². The second kappa shape index (κ2) is 25.1. The summed E-state index contributed by atoms with van der Waals surface area (Å²) >= 11 is 5.48. The molecular weight excluding hydrogens is 1060 g/mol. The predicted octanol–water partition coefficient (Wildman–Crippen LogP) is 5.35. The smallest absolute Gasteiger partial charge is 0.340 e. The normalized spacial score (nSPS) is 15.7. The van der Waals surface area contributed by atoms with Gasteiger partial charge in [-0.15, -0.1) is 5.10 Å². The lowest BCUT2D eigenvalue weighted by Gasteiger charge is -2.36. The van der Waals surface area contributed by atoms with Crippen LogP contribution in [0.1, 0.15) is 81.6 Å². The molecule has 22 nitrogen and oxygen atoms in total. The number of aryl methyl sites for hydroxylation is 2. The Labute approximate surface area is 462 Å². The van der Waals surface area contributed by atoms with Gasteiger partial charge in [-0.05, 0) is 92.9 Å². The molecule has 9 rings (SSSR count). The molecule has 0 saturated carbocycles. The highest BCUT2D eigenvalue weighted by atomic mass is 32.1. The molecule has 0 aliphatic carbocycles. The Hall–Kier alpha value is -8.41. The number of halogens is 2. The van der Waals surface area contributed by atoms with Crippen molar-refractivity contribution in [3.63, 3.8) is 0 Å². The number of nitrogens with one attached hydrogen (secondary N) is 5. The Balaban J connectivity index is 0.599. The van der Waals surface area contributed by atoms with Crippen LogP contribution in [0.25, 0.3) is 10.9 Å². The number of anilines is 2. The minimum Gasteiger partial charge on any atom is -0.508 e. The molecule has 6 aromatic rings. The first kappa shape index (κ1) is 56.3. The lowest BCUT2D eigenvalue weighted by molar-refractivity contribution is -0.131. The van der Waals surface area contributed by atoms with Gasteiger partial charge in [-0.2, -0.15) is 5.26 Å². The lowest BCUT2D eigenvalue weighted by atomic mass is 9.77. The fraction of sp³-hybridized carbons (Fsp3) is 0.364. The van der Waals surface area contributed by atoms with Crippen molar-refractivity contribution in [2.24, 2.45) is 0 Å². The highest BCUT2D eigenvalue weighted by Crippen LogP contribution is 2.57. The first-order chi connectivity index (χ1) is 38.6. The molecule has 8 N–H and O–H groups in total. The number of aliphatic hydroxyl groups is 1. The molecule has 418 valence electrons. The number of ether oxygens (including phenoxy) is 4. The SMILES string of the molecule is N#C[C@@H]1CC(F)(F)CN1C(=O)CNC(=O)c1ccnc2c(NC(=O)CCCc3cn(CCCCC(O)NCCOCCOCCNC(=S)Nc4ccc5c(c4)C(=O)OC54c5ccc(O)cc5Oc5cc(O)ccc54)nn3)cccc12. The summed E-state index contributed by atoms with van der Waals surface area (Å²) in [5.41, 5.74) is 2.74. The average molecular weight is 1120 g/mol. The summed E-state index contributed by atoms with van der Waals surface area (Å²) in [5.74, 6) is -4.95. The molecule has 0 bridgehead atoms. The summed E-state index contributed by atoms with van der Waals surface area (Å²) in [6, 6.07) is 21.2. The van der Waals surface area contributed by atoms with E-state index in [2.05, 4.69) is 41.9 Å². The molecule has 1 spiro atoms. The maximum Gasteiger partial charge on any atom is 0.340 e. The van der Waals surface area contributed by atoms with Crippen molar-refractivity contribution in [3.05, 3.63) is 125 Å². The number of hydrogen-bond acceptors (Lipinski definition) is 17. The quantitative estimate of drug-likeness (QED) is 0.0164. The van der Waals surface area contributed by atoms with E-state index >= 15 is 0 Å². The number of unbranched alkanes of at least 4 members (excludes halogenated alkanes) is 1. The molecule has 25 heteroatoms. The van der Waals surface area contributed by atoms with E-state index in [1.807, 2.05) is 6.20 Å². The van der Waals surface area contributed by atoms with E-state index in [-0.39, 0.29) is 29.4 Å². The number of aromatic hydroxyl groups is 2. The van der Waals surface area contributed by atoms with E-state index in [4.69, 9.17) is 31.2 Å². The molecule has 80 heavy (non-hydrogen) atoms. The second-order valence-electron chi connectivity index (χ2n) is 19.2. The van der Waals surface area contributed by atoms with Gasteiger partial charge in [0.2, 0.25) is 11.8 Å². The molecule has 2 atom stereocenters. The van der Waals surface area contributed by atoms with Gasteiger partial charge in [0.1, 0.15) is 35.3 Å². The summed E-state index contributed by atoms with van der Waals surface area (Å²) in [4.78, 5) is 57.3. The second-order valence-corrected chi connectivity index (χ2v) is 19.6. The van der Waals surface area contributed by atoms with Crippen molar-refractivity contribution in [2.75, 3.05) is 63.2 Å². The predicted molar refractivity (Wildman–Crippen MR) is 288 cm³/mol. The third kappa shape index (κ3) is 13.2. The van der Waals surface area contributed by atoms with Crippen molar-refractivity contribution in [3.8, 4) is 29.1 Å². The topological polar surface area (TPSA) is 297 Å².